The Morgan fingerprint density at radius 1 is 1.22 bits per heavy atom. The summed E-state index contributed by atoms with van der Waals surface area (Å²) in [7, 11) is 0. The highest BCUT2D eigenvalue weighted by Crippen LogP contribution is 2.18. The minimum atomic E-state index is -0.0971. The molecule has 3 nitrogen and oxygen atoms in total. The van der Waals surface area contributed by atoms with Crippen LogP contribution in [0.1, 0.15) is 18.2 Å². The number of carbonyl (C=O) groups is 1. The Balaban J connectivity index is 2.38. The van der Waals surface area contributed by atoms with E-state index in [0.717, 1.165) is 5.56 Å². The second-order valence-electron chi connectivity index (χ2n) is 3.80. The maximum atomic E-state index is 12.0. The molecule has 0 aliphatic heterocycles. The van der Waals surface area contributed by atoms with E-state index in [4.69, 9.17) is 4.42 Å². The summed E-state index contributed by atoms with van der Waals surface area (Å²) in [6.07, 6.45) is 3.34. The fourth-order valence-electron chi connectivity index (χ4n) is 1.67. The van der Waals surface area contributed by atoms with Crippen LogP contribution in [0.5, 0.6) is 0 Å². The first-order chi connectivity index (χ1) is 8.81. The number of furan rings is 1. The maximum Gasteiger partial charge on any atom is 0.252 e. The van der Waals surface area contributed by atoms with Crippen LogP contribution in [0.2, 0.25) is 0 Å². The highest BCUT2D eigenvalue weighted by molar-refractivity contribution is 6.23. The summed E-state index contributed by atoms with van der Waals surface area (Å²) in [4.78, 5) is 12.0. The van der Waals surface area contributed by atoms with Crippen molar-refractivity contribution < 1.29 is 9.21 Å². The van der Waals surface area contributed by atoms with E-state index >= 15 is 0 Å². The van der Waals surface area contributed by atoms with Gasteiger partial charge in [0.25, 0.3) is 5.91 Å². The molecule has 0 saturated heterocycles. The lowest BCUT2D eigenvalue weighted by Crippen LogP contribution is -2.23. The van der Waals surface area contributed by atoms with E-state index in [0.29, 0.717) is 17.9 Å². The van der Waals surface area contributed by atoms with Crippen LogP contribution in [0.15, 0.2) is 53.1 Å². The van der Waals surface area contributed by atoms with Crippen molar-refractivity contribution in [2.45, 2.75) is 6.92 Å². The van der Waals surface area contributed by atoms with Crippen LogP contribution in [0.25, 0.3) is 11.6 Å². The van der Waals surface area contributed by atoms with Crippen molar-refractivity contribution in [2.75, 3.05) is 6.54 Å². The van der Waals surface area contributed by atoms with E-state index in [1.54, 1.807) is 18.4 Å². The molecule has 1 amide bonds. The lowest BCUT2D eigenvalue weighted by Gasteiger charge is -2.07. The average Bonchev–Trinajstić information content (AvgIpc) is 2.90. The molecule has 92 valence electrons. The molecule has 0 saturated carbocycles. The normalized spacial score (nSPS) is 11.3. The highest BCUT2D eigenvalue weighted by Gasteiger charge is 2.11. The number of benzene rings is 1. The molecule has 18 heavy (non-hydrogen) atoms. The van der Waals surface area contributed by atoms with Crippen molar-refractivity contribution >= 4 is 17.6 Å². The molecule has 0 unspecified atom stereocenters. The van der Waals surface area contributed by atoms with Gasteiger partial charge in [-0.1, -0.05) is 30.3 Å². The lowest BCUT2D eigenvalue weighted by atomic mass is 10.0. The van der Waals surface area contributed by atoms with Crippen LogP contribution < -0.4 is 5.32 Å². The molecular formula is C15H15NO2. The van der Waals surface area contributed by atoms with Crippen molar-refractivity contribution in [3.8, 4) is 0 Å². The van der Waals surface area contributed by atoms with Crippen molar-refractivity contribution in [1.82, 2.24) is 5.32 Å². The summed E-state index contributed by atoms with van der Waals surface area (Å²) in [6.45, 7) is 2.49. The fraction of sp³-hybridized carbons (Fsp3) is 0.133. The Labute approximate surface area is 106 Å². The maximum absolute atomic E-state index is 12.0. The van der Waals surface area contributed by atoms with Crippen LogP contribution in [0.3, 0.4) is 0 Å². The molecule has 3 heteroatoms. The third-order valence-corrected chi connectivity index (χ3v) is 2.50. The zero-order valence-electron chi connectivity index (χ0n) is 10.2. The van der Waals surface area contributed by atoms with Gasteiger partial charge in [0.05, 0.1) is 11.8 Å². The molecule has 1 aromatic heterocycles. The second-order valence-corrected chi connectivity index (χ2v) is 3.80. The Morgan fingerprint density at radius 2 is 2.00 bits per heavy atom. The van der Waals surface area contributed by atoms with Crippen LogP contribution in [0.4, 0.5) is 0 Å². The van der Waals surface area contributed by atoms with Gasteiger partial charge in [-0.3, -0.25) is 4.79 Å². The van der Waals surface area contributed by atoms with E-state index in [1.165, 1.54) is 0 Å². The minimum Gasteiger partial charge on any atom is -0.465 e. The molecule has 1 heterocycles. The molecule has 0 spiro atoms. The Kier molecular flexibility index (Phi) is 3.97. The number of amides is 1. The van der Waals surface area contributed by atoms with Crippen LogP contribution in [-0.4, -0.2) is 12.5 Å². The Hall–Kier alpha value is -2.29. The lowest BCUT2D eigenvalue weighted by molar-refractivity contribution is -0.115. The molecule has 1 aromatic carbocycles. The summed E-state index contributed by atoms with van der Waals surface area (Å²) in [5.74, 6) is 0.570. The van der Waals surface area contributed by atoms with Gasteiger partial charge in [-0.25, -0.2) is 0 Å². The summed E-state index contributed by atoms with van der Waals surface area (Å²) in [6, 6.07) is 13.2. The zero-order chi connectivity index (χ0) is 12.8. The van der Waals surface area contributed by atoms with E-state index < -0.39 is 0 Å². The topological polar surface area (TPSA) is 42.2 Å². The van der Waals surface area contributed by atoms with E-state index in [9.17, 15) is 4.79 Å². The molecule has 0 aliphatic carbocycles. The summed E-state index contributed by atoms with van der Waals surface area (Å²) in [5.41, 5.74) is 1.48. The molecular weight excluding hydrogens is 226 g/mol. The van der Waals surface area contributed by atoms with E-state index in [2.05, 4.69) is 5.32 Å². The number of nitrogens with one attached hydrogen (secondary N) is 1. The van der Waals surface area contributed by atoms with Gasteiger partial charge >= 0.3 is 0 Å². The zero-order valence-corrected chi connectivity index (χ0v) is 10.2. The minimum absolute atomic E-state index is 0.0971. The highest BCUT2D eigenvalue weighted by atomic mass is 16.3. The van der Waals surface area contributed by atoms with Crippen molar-refractivity contribution in [3.05, 3.63) is 60.1 Å². The predicted molar refractivity (Wildman–Crippen MR) is 71.7 cm³/mol. The van der Waals surface area contributed by atoms with Crippen LogP contribution in [-0.2, 0) is 4.79 Å². The number of rotatable bonds is 4. The van der Waals surface area contributed by atoms with Gasteiger partial charge in [0.1, 0.15) is 5.76 Å². The number of hydrogen-bond donors (Lipinski definition) is 1. The summed E-state index contributed by atoms with van der Waals surface area (Å²) < 4.78 is 5.26. The SMILES string of the molecule is CCNC(=O)/C(=C/c1ccco1)c1ccccc1. The largest absolute Gasteiger partial charge is 0.465 e. The molecule has 1 N–H and O–H groups in total. The molecule has 0 bridgehead atoms. The third-order valence-electron chi connectivity index (χ3n) is 2.50. The summed E-state index contributed by atoms with van der Waals surface area (Å²) in [5, 5.41) is 2.81. The molecule has 0 radical (unpaired) electrons. The van der Waals surface area contributed by atoms with Crippen LogP contribution >= 0.6 is 0 Å². The fourth-order valence-corrected chi connectivity index (χ4v) is 1.67. The van der Waals surface area contributed by atoms with Gasteiger partial charge in [-0.05, 0) is 30.7 Å². The van der Waals surface area contributed by atoms with Crippen molar-refractivity contribution in [1.29, 1.82) is 0 Å². The Morgan fingerprint density at radius 3 is 2.61 bits per heavy atom. The second kappa shape index (κ2) is 5.87. The smallest absolute Gasteiger partial charge is 0.252 e. The molecule has 2 rings (SSSR count). The first-order valence-electron chi connectivity index (χ1n) is 5.90. The van der Waals surface area contributed by atoms with Gasteiger partial charge in [0, 0.05) is 6.54 Å². The van der Waals surface area contributed by atoms with Crippen molar-refractivity contribution in [2.24, 2.45) is 0 Å². The molecule has 2 aromatic rings. The molecule has 0 fully saturated rings. The first-order valence-corrected chi connectivity index (χ1v) is 5.90. The first kappa shape index (κ1) is 12.2. The number of hydrogen-bond acceptors (Lipinski definition) is 2. The number of likely N-dealkylation sites (N-methyl/N-ethyl adjacent to an activating group) is 1. The van der Waals surface area contributed by atoms with Crippen molar-refractivity contribution in [3.63, 3.8) is 0 Å². The van der Waals surface area contributed by atoms with Gasteiger partial charge in [-0.2, -0.15) is 0 Å². The van der Waals surface area contributed by atoms with Gasteiger partial charge in [0.2, 0.25) is 0 Å². The molecule has 0 aliphatic rings. The van der Waals surface area contributed by atoms with Gasteiger partial charge < -0.3 is 9.73 Å². The third kappa shape index (κ3) is 2.88. The van der Waals surface area contributed by atoms with E-state index in [-0.39, 0.29) is 5.91 Å². The average molecular weight is 241 g/mol. The monoisotopic (exact) mass is 241 g/mol. The van der Waals surface area contributed by atoms with Gasteiger partial charge in [-0.15, -0.1) is 0 Å². The van der Waals surface area contributed by atoms with Crippen LogP contribution in [0, 0.1) is 0 Å². The standard InChI is InChI=1S/C15H15NO2/c1-2-16-15(17)14(11-13-9-6-10-18-13)12-7-4-3-5-8-12/h3-11H,2H2,1H3,(H,16,17)/b14-11+. The summed E-state index contributed by atoms with van der Waals surface area (Å²) >= 11 is 0. The quantitative estimate of drug-likeness (QED) is 0.836. The van der Waals surface area contributed by atoms with E-state index in [1.807, 2.05) is 43.3 Å². The molecule has 0 atom stereocenters. The Bertz CT molecular complexity index is 527. The van der Waals surface area contributed by atoms with Gasteiger partial charge in [0.15, 0.2) is 0 Å². The predicted octanol–water partition coefficient (Wildman–Crippen LogP) is 2.96. The number of carbonyl (C=O) groups excluding carboxylic acids is 1.